The van der Waals surface area contributed by atoms with Gasteiger partial charge in [0, 0.05) is 9.79 Å². The van der Waals surface area contributed by atoms with Crippen molar-refractivity contribution in [2.45, 2.75) is 34.0 Å². The van der Waals surface area contributed by atoms with Crippen molar-refractivity contribution >= 4 is 28.5 Å². The van der Waals surface area contributed by atoms with E-state index in [1.54, 1.807) is 48.5 Å². The van der Waals surface area contributed by atoms with Gasteiger partial charge in [0.1, 0.15) is 0 Å². The summed E-state index contributed by atoms with van der Waals surface area (Å²) in [5, 5.41) is 0. The second kappa shape index (κ2) is 8.56. The molecule has 2 atom stereocenters. The van der Waals surface area contributed by atoms with Crippen molar-refractivity contribution in [2.24, 2.45) is 0 Å². The predicted octanol–water partition coefficient (Wildman–Crippen LogP) is 2.57. The highest BCUT2D eigenvalue weighted by atomic mass is 32.2. The molecule has 10 heteroatoms. The van der Waals surface area contributed by atoms with Crippen molar-refractivity contribution in [3.63, 3.8) is 0 Å². The average molecular weight is 418 g/mol. The van der Waals surface area contributed by atoms with E-state index in [4.69, 9.17) is 14.3 Å². The fourth-order valence-electron chi connectivity index (χ4n) is 2.43. The fourth-order valence-corrected chi connectivity index (χ4v) is 5.86. The van der Waals surface area contributed by atoms with Crippen LogP contribution in [0.4, 0.5) is 0 Å². The number of rotatable bonds is 8. The van der Waals surface area contributed by atoms with E-state index in [1.807, 2.05) is 6.07 Å². The first-order valence-electron chi connectivity index (χ1n) is 7.66. The molecule has 0 radical (unpaired) electrons. The molecule has 0 aromatic heterocycles. The third kappa shape index (κ3) is 5.84. The van der Waals surface area contributed by atoms with E-state index >= 15 is 0 Å². The quantitative estimate of drug-likeness (QED) is 0.444. The Morgan fingerprint density at radius 1 is 0.962 bits per heavy atom. The normalized spacial score (nSPS) is 14.7. The first-order valence-corrected chi connectivity index (χ1v) is 12.0. The lowest BCUT2D eigenvalue weighted by Crippen LogP contribution is -2.20. The van der Waals surface area contributed by atoms with E-state index in [1.165, 1.54) is 0 Å². The molecule has 0 aliphatic carbocycles. The molecule has 0 spiro atoms. The molecule has 0 amide bonds. The van der Waals surface area contributed by atoms with Crippen molar-refractivity contribution in [3.8, 4) is 0 Å². The maximum absolute atomic E-state index is 12.4. The lowest BCUT2D eigenvalue weighted by atomic mass is 10.1. The number of aryl methyl sites for hydroxylation is 1. The van der Waals surface area contributed by atoms with Crippen LogP contribution >= 0.6 is 7.60 Å². The molecule has 26 heavy (non-hydrogen) atoms. The van der Waals surface area contributed by atoms with E-state index in [2.05, 4.69) is 0 Å². The molecule has 0 aliphatic rings. The van der Waals surface area contributed by atoms with Crippen LogP contribution < -0.4 is 0 Å². The summed E-state index contributed by atoms with van der Waals surface area (Å²) in [6.45, 7) is 0. The number of benzene rings is 2. The highest BCUT2D eigenvalue weighted by Crippen LogP contribution is 2.46. The molecular formula is C16H19O7PS2. The molecule has 2 aromatic carbocycles. The molecule has 3 N–H and O–H groups in total. The van der Waals surface area contributed by atoms with Crippen molar-refractivity contribution in [1.82, 2.24) is 0 Å². The fraction of sp³-hybridized carbons (Fsp3) is 0.250. The van der Waals surface area contributed by atoms with Gasteiger partial charge in [0.15, 0.2) is 4.99 Å². The Morgan fingerprint density at radius 3 is 2.00 bits per heavy atom. The summed E-state index contributed by atoms with van der Waals surface area (Å²) in [5.41, 5.74) is 0.804. The van der Waals surface area contributed by atoms with Crippen LogP contribution in [0.15, 0.2) is 64.4 Å². The summed E-state index contributed by atoms with van der Waals surface area (Å²) in [6.07, 6.45) is 0.168. The highest BCUT2D eigenvalue weighted by molar-refractivity contribution is 7.93. The summed E-state index contributed by atoms with van der Waals surface area (Å²) in [4.78, 5) is 17.3. The lowest BCUT2D eigenvalue weighted by Gasteiger charge is -2.15. The Morgan fingerprint density at radius 2 is 1.50 bits per heavy atom. The van der Waals surface area contributed by atoms with Crippen molar-refractivity contribution < 1.29 is 31.5 Å². The van der Waals surface area contributed by atoms with E-state index in [-0.39, 0.29) is 12.8 Å². The van der Waals surface area contributed by atoms with Crippen molar-refractivity contribution in [3.05, 3.63) is 60.2 Å². The molecule has 0 saturated carbocycles. The molecule has 2 aromatic rings. The molecule has 2 unspecified atom stereocenters. The van der Waals surface area contributed by atoms with Gasteiger partial charge in [-0.25, -0.2) is 4.21 Å². The third-order valence-electron chi connectivity index (χ3n) is 3.73. The highest BCUT2D eigenvalue weighted by Gasteiger charge is 2.38. The summed E-state index contributed by atoms with van der Waals surface area (Å²) in [6, 6.07) is 15.8. The van der Waals surface area contributed by atoms with E-state index in [0.717, 1.165) is 5.56 Å². The Labute approximate surface area is 154 Å². The minimum atomic E-state index is -4.95. The smallest absolute Gasteiger partial charge is 0.323 e. The average Bonchev–Trinajstić information content (AvgIpc) is 2.57. The largest absolute Gasteiger partial charge is 0.346 e. The van der Waals surface area contributed by atoms with Gasteiger partial charge in [0.05, 0.1) is 10.8 Å². The van der Waals surface area contributed by atoms with Gasteiger partial charge in [0.25, 0.3) is 10.1 Å². The second-order valence-corrected chi connectivity index (χ2v) is 10.9. The minimum Gasteiger partial charge on any atom is -0.323 e. The maximum Gasteiger partial charge on any atom is 0.346 e. The van der Waals surface area contributed by atoms with Gasteiger partial charge in [-0.3, -0.25) is 9.12 Å². The van der Waals surface area contributed by atoms with Gasteiger partial charge in [-0.1, -0.05) is 30.3 Å². The first-order chi connectivity index (χ1) is 12.1. The van der Waals surface area contributed by atoms with Gasteiger partial charge in [-0.15, -0.1) is 0 Å². The zero-order valence-corrected chi connectivity index (χ0v) is 16.2. The number of hydrogen-bond acceptors (Lipinski definition) is 4. The molecule has 0 saturated heterocycles. The van der Waals surface area contributed by atoms with Gasteiger partial charge in [-0.05, 0) is 49.1 Å². The molecular weight excluding hydrogens is 399 g/mol. The number of hydrogen-bond donors (Lipinski definition) is 3. The summed E-state index contributed by atoms with van der Waals surface area (Å²) in [5.74, 6) is 0. The molecule has 142 valence electrons. The topological polar surface area (TPSA) is 129 Å². The van der Waals surface area contributed by atoms with Crippen LogP contribution in [0.25, 0.3) is 0 Å². The molecule has 2 rings (SSSR count). The standard InChI is InChI=1S/C16H19O7PS2/c17-24(18,19)16(26(21,22)23)8-4-5-13-9-11-15(12-10-13)25(20)14-6-2-1-3-7-14/h1-3,6-7,9-12,16H,4-5,8H2,(H2,17,18,19)(H,21,22,23). The van der Waals surface area contributed by atoms with Crippen LogP contribution in [0, 0.1) is 0 Å². The monoisotopic (exact) mass is 418 g/mol. The van der Waals surface area contributed by atoms with E-state index < -0.39 is 33.5 Å². The van der Waals surface area contributed by atoms with E-state index in [9.17, 15) is 17.2 Å². The second-order valence-electron chi connectivity index (χ2n) is 5.68. The summed E-state index contributed by atoms with van der Waals surface area (Å²) < 4.78 is 54.8. The summed E-state index contributed by atoms with van der Waals surface area (Å²) in [7, 11) is -11.1. The molecule has 0 aliphatic heterocycles. The maximum atomic E-state index is 12.4. The minimum absolute atomic E-state index is 0.163. The van der Waals surface area contributed by atoms with Gasteiger partial charge >= 0.3 is 7.60 Å². The lowest BCUT2D eigenvalue weighted by molar-refractivity contribution is 0.360. The first kappa shape index (κ1) is 21.0. The Kier molecular flexibility index (Phi) is 6.90. The Balaban J connectivity index is 1.99. The molecule has 0 fully saturated rings. The van der Waals surface area contributed by atoms with Gasteiger partial charge < -0.3 is 9.79 Å². The van der Waals surface area contributed by atoms with Crippen LogP contribution in [-0.2, 0) is 31.9 Å². The van der Waals surface area contributed by atoms with Crippen LogP contribution in [0.5, 0.6) is 0 Å². The summed E-state index contributed by atoms with van der Waals surface area (Å²) >= 11 is 0. The van der Waals surface area contributed by atoms with E-state index in [0.29, 0.717) is 16.2 Å². The van der Waals surface area contributed by atoms with Crippen LogP contribution in [0.1, 0.15) is 18.4 Å². The Hall–Kier alpha value is -1.35. The Bertz CT molecular complexity index is 905. The van der Waals surface area contributed by atoms with Crippen LogP contribution in [0.2, 0.25) is 0 Å². The molecule has 0 bridgehead atoms. The van der Waals surface area contributed by atoms with Crippen LogP contribution in [-0.4, -0.2) is 32.0 Å². The third-order valence-corrected chi connectivity index (χ3v) is 8.69. The SMILES string of the molecule is O=S(c1ccccc1)c1ccc(CCCC(P(=O)(O)O)S(=O)(=O)O)cc1. The zero-order valence-electron chi connectivity index (χ0n) is 13.6. The van der Waals surface area contributed by atoms with Crippen LogP contribution in [0.3, 0.4) is 0 Å². The van der Waals surface area contributed by atoms with Crippen molar-refractivity contribution in [1.29, 1.82) is 0 Å². The van der Waals surface area contributed by atoms with Gasteiger partial charge in [0.2, 0.25) is 0 Å². The zero-order chi connectivity index (χ0) is 19.4. The van der Waals surface area contributed by atoms with Gasteiger partial charge in [-0.2, -0.15) is 8.42 Å². The molecule has 0 heterocycles. The predicted molar refractivity (Wildman–Crippen MR) is 97.9 cm³/mol. The molecule has 7 nitrogen and oxygen atoms in total. The van der Waals surface area contributed by atoms with Crippen molar-refractivity contribution in [2.75, 3.05) is 0 Å².